The molecule has 1 saturated heterocycles. The van der Waals surface area contributed by atoms with Crippen molar-refractivity contribution in [3.05, 3.63) is 58.7 Å². The molecule has 1 aliphatic rings. The normalized spacial score (nSPS) is 16.0. The van der Waals surface area contributed by atoms with E-state index in [9.17, 15) is 9.18 Å². The summed E-state index contributed by atoms with van der Waals surface area (Å²) in [6.45, 7) is 1.22. The molecule has 1 N–H and O–H groups in total. The molecule has 30 heavy (non-hydrogen) atoms. The third-order valence-corrected chi connectivity index (χ3v) is 5.07. The zero-order chi connectivity index (χ0) is 21.3. The van der Waals surface area contributed by atoms with E-state index < -0.39 is 11.9 Å². The molecule has 0 bridgehead atoms. The fraction of sp³-hybridized carbons (Fsp3) is 0.381. The molecule has 1 unspecified atom stereocenters. The minimum Gasteiger partial charge on any atom is -0.487 e. The van der Waals surface area contributed by atoms with E-state index in [1.54, 1.807) is 30.3 Å². The highest BCUT2D eigenvalue weighted by Crippen LogP contribution is 2.32. The number of amides is 1. The number of anilines is 1. The Kier molecular flexibility index (Phi) is 7.48. The Labute approximate surface area is 174 Å². The first-order valence-electron chi connectivity index (χ1n) is 9.74. The van der Waals surface area contributed by atoms with E-state index in [2.05, 4.69) is 27.3 Å². The minimum absolute atomic E-state index is 0.177. The molecule has 158 valence electrons. The van der Waals surface area contributed by atoms with Crippen molar-refractivity contribution >= 4 is 11.8 Å². The summed E-state index contributed by atoms with van der Waals surface area (Å²) in [5.41, 5.74) is 9.95. The maximum absolute atomic E-state index is 13.7. The largest absolute Gasteiger partial charge is 0.487 e. The number of carbonyl (C=O) groups excluding carboxylic acids is 1. The van der Waals surface area contributed by atoms with E-state index in [1.165, 1.54) is 18.6 Å². The first-order chi connectivity index (χ1) is 14.6. The Hall–Kier alpha value is -3.29. The number of azide groups is 1. The second-order valence-corrected chi connectivity index (χ2v) is 7.05. The van der Waals surface area contributed by atoms with Gasteiger partial charge in [0.05, 0.1) is 12.3 Å². The summed E-state index contributed by atoms with van der Waals surface area (Å²) < 4.78 is 24.5. The minimum atomic E-state index is -0.573. The molecule has 1 fully saturated rings. The van der Waals surface area contributed by atoms with Crippen LogP contribution in [-0.2, 0) is 4.74 Å². The van der Waals surface area contributed by atoms with Crippen molar-refractivity contribution in [3.63, 3.8) is 0 Å². The van der Waals surface area contributed by atoms with Crippen LogP contribution >= 0.6 is 0 Å². The molecule has 1 amide bonds. The van der Waals surface area contributed by atoms with Crippen LogP contribution in [0.15, 0.2) is 47.6 Å². The number of rotatable bonds is 8. The monoisotopic (exact) mass is 413 g/mol. The molecule has 0 aromatic heterocycles. The van der Waals surface area contributed by atoms with Crippen LogP contribution in [0.1, 0.15) is 19.3 Å². The highest BCUT2D eigenvalue weighted by atomic mass is 19.1. The molecule has 9 heteroatoms. The highest BCUT2D eigenvalue weighted by Gasteiger charge is 2.21. The van der Waals surface area contributed by atoms with Crippen molar-refractivity contribution in [1.82, 2.24) is 4.90 Å². The van der Waals surface area contributed by atoms with Gasteiger partial charge in [-0.15, -0.1) is 0 Å². The maximum atomic E-state index is 13.7. The van der Waals surface area contributed by atoms with Gasteiger partial charge >= 0.3 is 6.09 Å². The smallest absolute Gasteiger partial charge is 0.411 e. The topological polar surface area (TPSA) is 99.6 Å². The second-order valence-electron chi connectivity index (χ2n) is 7.05. The number of hydrogen-bond donors (Lipinski definition) is 1. The lowest BCUT2D eigenvalue weighted by Crippen LogP contribution is -2.27. The lowest BCUT2D eigenvalue weighted by molar-refractivity contribution is 0.147. The third kappa shape index (κ3) is 5.85. The van der Waals surface area contributed by atoms with Crippen LogP contribution in [-0.4, -0.2) is 44.0 Å². The standard InChI is InChI=1S/C21H24FN5O3/c1-27-10-3-6-17(27)9-11-29-21(28)25-20-8-7-18(30-14-24-26-23)13-19(20)15-4-2-5-16(22)12-15/h2,4-5,7-8,12-13,17H,3,6,9-11,14H2,1H3,(H,25,28). The van der Waals surface area contributed by atoms with Gasteiger partial charge in [0.1, 0.15) is 11.6 Å². The van der Waals surface area contributed by atoms with Crippen LogP contribution in [0.5, 0.6) is 5.75 Å². The number of nitrogens with zero attached hydrogens (tertiary/aromatic N) is 4. The van der Waals surface area contributed by atoms with Crippen molar-refractivity contribution < 1.29 is 18.7 Å². The van der Waals surface area contributed by atoms with Crippen molar-refractivity contribution in [2.45, 2.75) is 25.3 Å². The summed E-state index contributed by atoms with van der Waals surface area (Å²) in [7, 11) is 2.08. The lowest BCUT2D eigenvalue weighted by atomic mass is 10.0. The van der Waals surface area contributed by atoms with E-state index in [4.69, 9.17) is 15.0 Å². The predicted octanol–water partition coefficient (Wildman–Crippen LogP) is 5.17. The van der Waals surface area contributed by atoms with Gasteiger partial charge in [-0.2, -0.15) is 0 Å². The molecule has 0 radical (unpaired) electrons. The summed E-state index contributed by atoms with van der Waals surface area (Å²) in [6.07, 6.45) is 2.49. The van der Waals surface area contributed by atoms with E-state index in [-0.39, 0.29) is 6.73 Å². The average molecular weight is 413 g/mol. The zero-order valence-electron chi connectivity index (χ0n) is 16.8. The van der Waals surface area contributed by atoms with Crippen molar-refractivity contribution in [2.24, 2.45) is 5.11 Å². The maximum Gasteiger partial charge on any atom is 0.411 e. The van der Waals surface area contributed by atoms with Gasteiger partial charge in [-0.05, 0) is 74.3 Å². The molecule has 8 nitrogen and oxygen atoms in total. The summed E-state index contributed by atoms with van der Waals surface area (Å²) in [4.78, 5) is 17.2. The summed E-state index contributed by atoms with van der Waals surface area (Å²) >= 11 is 0. The van der Waals surface area contributed by atoms with Crippen LogP contribution in [0.3, 0.4) is 0 Å². The molecule has 2 aromatic carbocycles. The zero-order valence-corrected chi connectivity index (χ0v) is 16.8. The van der Waals surface area contributed by atoms with E-state index in [0.717, 1.165) is 19.4 Å². The van der Waals surface area contributed by atoms with E-state index in [0.29, 0.717) is 35.2 Å². The lowest BCUT2D eigenvalue weighted by Gasteiger charge is -2.19. The predicted molar refractivity (Wildman–Crippen MR) is 112 cm³/mol. The Balaban J connectivity index is 1.70. The van der Waals surface area contributed by atoms with Crippen LogP contribution in [0, 0.1) is 5.82 Å². The van der Waals surface area contributed by atoms with Crippen LogP contribution in [0.4, 0.5) is 14.9 Å². The van der Waals surface area contributed by atoms with Gasteiger partial charge in [0.2, 0.25) is 0 Å². The molecule has 1 aliphatic heterocycles. The van der Waals surface area contributed by atoms with E-state index in [1.807, 2.05) is 0 Å². The van der Waals surface area contributed by atoms with Gasteiger partial charge in [-0.1, -0.05) is 17.2 Å². The molecular weight excluding hydrogens is 389 g/mol. The number of carbonyl (C=O) groups is 1. The average Bonchev–Trinajstić information content (AvgIpc) is 3.14. The Morgan fingerprint density at radius 1 is 1.37 bits per heavy atom. The molecular formula is C21H24FN5O3. The van der Waals surface area contributed by atoms with Crippen molar-refractivity contribution in [3.8, 4) is 16.9 Å². The fourth-order valence-electron chi connectivity index (χ4n) is 3.52. The van der Waals surface area contributed by atoms with Gasteiger partial charge in [0.25, 0.3) is 0 Å². The van der Waals surface area contributed by atoms with Gasteiger partial charge in [0, 0.05) is 16.5 Å². The van der Waals surface area contributed by atoms with Crippen molar-refractivity contribution in [1.29, 1.82) is 0 Å². The van der Waals surface area contributed by atoms with Crippen molar-refractivity contribution in [2.75, 3.05) is 32.2 Å². The number of hydrogen-bond acceptors (Lipinski definition) is 5. The summed E-state index contributed by atoms with van der Waals surface area (Å²) in [6, 6.07) is 11.3. The molecule has 0 aliphatic carbocycles. The summed E-state index contributed by atoms with van der Waals surface area (Å²) in [5.74, 6) is 0.0203. The van der Waals surface area contributed by atoms with Crippen LogP contribution in [0.25, 0.3) is 21.6 Å². The second kappa shape index (κ2) is 10.5. The Morgan fingerprint density at radius 2 is 2.23 bits per heavy atom. The van der Waals surface area contributed by atoms with Crippen LogP contribution < -0.4 is 10.1 Å². The number of nitrogens with one attached hydrogen (secondary N) is 1. The number of ether oxygens (including phenoxy) is 2. The van der Waals surface area contributed by atoms with Crippen LogP contribution in [0.2, 0.25) is 0 Å². The van der Waals surface area contributed by atoms with Gasteiger partial charge < -0.3 is 14.4 Å². The highest BCUT2D eigenvalue weighted by molar-refractivity contribution is 5.92. The van der Waals surface area contributed by atoms with Gasteiger partial charge in [0.15, 0.2) is 6.73 Å². The Morgan fingerprint density at radius 3 is 2.97 bits per heavy atom. The molecule has 3 rings (SSSR count). The first kappa shape index (κ1) is 21.4. The first-order valence-corrected chi connectivity index (χ1v) is 9.74. The number of halogens is 1. The SMILES string of the molecule is CN1CCCC1CCOC(=O)Nc1ccc(OCN=[N+]=[N-])cc1-c1cccc(F)c1. The van der Waals surface area contributed by atoms with Gasteiger partial charge in [-0.25, -0.2) is 9.18 Å². The quantitative estimate of drug-likeness (QED) is 0.366. The third-order valence-electron chi connectivity index (χ3n) is 5.07. The molecule has 1 heterocycles. The molecule has 0 saturated carbocycles. The number of likely N-dealkylation sites (tertiary alicyclic amines) is 1. The Bertz CT molecular complexity index is 933. The number of benzene rings is 2. The molecule has 0 spiro atoms. The fourth-order valence-corrected chi connectivity index (χ4v) is 3.52. The van der Waals surface area contributed by atoms with Gasteiger partial charge in [-0.3, -0.25) is 5.32 Å². The molecule has 1 atom stereocenters. The summed E-state index contributed by atoms with van der Waals surface area (Å²) in [5, 5.41) is 6.06. The molecule has 2 aromatic rings. The van der Waals surface area contributed by atoms with E-state index >= 15 is 0 Å².